The van der Waals surface area contributed by atoms with Crippen molar-refractivity contribution >= 4 is 0 Å². The minimum Gasteiger partial charge on any atom is -0.206 e. The highest BCUT2D eigenvalue weighted by Gasteiger charge is 2.09. The van der Waals surface area contributed by atoms with E-state index < -0.39 is 11.6 Å². The van der Waals surface area contributed by atoms with E-state index in [1.54, 1.807) is 0 Å². The quantitative estimate of drug-likeness (QED) is 0.346. The van der Waals surface area contributed by atoms with Crippen LogP contribution in [-0.4, -0.2) is 0 Å². The minimum atomic E-state index is -0.607. The molecule has 0 amide bonds. The molecule has 0 saturated heterocycles. The molecule has 0 heterocycles. The SMILES string of the molecule is CCCCc1ccc(C#Cc2ccc(C#Cc3c(F)cc(CCC)cc3F)cc2CC)cc1. The molecule has 0 radical (unpaired) electrons. The third-order valence-corrected chi connectivity index (χ3v) is 5.57. The summed E-state index contributed by atoms with van der Waals surface area (Å²) in [5, 5.41) is 0. The number of unbranched alkanes of at least 4 members (excludes halogenated alkanes) is 1. The van der Waals surface area contributed by atoms with Crippen LogP contribution in [0.3, 0.4) is 0 Å². The van der Waals surface area contributed by atoms with Crippen LogP contribution >= 0.6 is 0 Å². The molecule has 168 valence electrons. The maximum Gasteiger partial charge on any atom is 0.142 e. The van der Waals surface area contributed by atoms with Crippen LogP contribution in [-0.2, 0) is 19.3 Å². The van der Waals surface area contributed by atoms with Gasteiger partial charge in [0.25, 0.3) is 0 Å². The average molecular weight is 441 g/mol. The van der Waals surface area contributed by atoms with Crippen molar-refractivity contribution in [2.45, 2.75) is 59.3 Å². The largest absolute Gasteiger partial charge is 0.206 e. The van der Waals surface area contributed by atoms with Crippen molar-refractivity contribution in [3.8, 4) is 23.7 Å². The first-order chi connectivity index (χ1) is 16.0. The fourth-order valence-corrected chi connectivity index (χ4v) is 3.67. The van der Waals surface area contributed by atoms with Crippen LogP contribution in [0.1, 0.15) is 79.0 Å². The zero-order chi connectivity index (χ0) is 23.6. The first-order valence-electron chi connectivity index (χ1n) is 11.8. The molecule has 0 atom stereocenters. The number of hydrogen-bond acceptors (Lipinski definition) is 0. The Morgan fingerprint density at radius 3 is 1.94 bits per heavy atom. The highest BCUT2D eigenvalue weighted by atomic mass is 19.1. The zero-order valence-corrected chi connectivity index (χ0v) is 19.7. The van der Waals surface area contributed by atoms with Crippen molar-refractivity contribution in [1.82, 2.24) is 0 Å². The Kier molecular flexibility index (Phi) is 8.86. The summed E-state index contributed by atoms with van der Waals surface area (Å²) in [6, 6.07) is 16.9. The highest BCUT2D eigenvalue weighted by Crippen LogP contribution is 2.17. The Hall–Kier alpha value is -3.36. The molecule has 3 aromatic rings. The number of benzene rings is 3. The first kappa shape index (κ1) is 24.3. The summed E-state index contributed by atoms with van der Waals surface area (Å²) >= 11 is 0. The van der Waals surface area contributed by atoms with Gasteiger partial charge in [0, 0.05) is 16.7 Å². The zero-order valence-electron chi connectivity index (χ0n) is 19.7. The fraction of sp³-hybridized carbons (Fsp3) is 0.290. The topological polar surface area (TPSA) is 0 Å². The highest BCUT2D eigenvalue weighted by molar-refractivity contribution is 5.52. The number of aryl methyl sites for hydroxylation is 3. The molecule has 33 heavy (non-hydrogen) atoms. The summed E-state index contributed by atoms with van der Waals surface area (Å²) in [6.07, 6.45) is 5.77. The van der Waals surface area contributed by atoms with Crippen LogP contribution in [0.4, 0.5) is 8.78 Å². The average Bonchev–Trinajstić information content (AvgIpc) is 2.82. The minimum absolute atomic E-state index is 0.181. The van der Waals surface area contributed by atoms with E-state index in [1.807, 2.05) is 25.1 Å². The van der Waals surface area contributed by atoms with Gasteiger partial charge in [0.1, 0.15) is 11.6 Å². The first-order valence-corrected chi connectivity index (χ1v) is 11.8. The van der Waals surface area contributed by atoms with Crippen LogP contribution in [0.2, 0.25) is 0 Å². The van der Waals surface area contributed by atoms with E-state index >= 15 is 0 Å². The molecule has 3 rings (SSSR count). The van der Waals surface area contributed by atoms with Gasteiger partial charge in [0.15, 0.2) is 0 Å². The monoisotopic (exact) mass is 440 g/mol. The lowest BCUT2D eigenvalue weighted by molar-refractivity contribution is 0.573. The van der Waals surface area contributed by atoms with Crippen LogP contribution in [0.5, 0.6) is 0 Å². The van der Waals surface area contributed by atoms with Crippen LogP contribution in [0.25, 0.3) is 0 Å². The van der Waals surface area contributed by atoms with Gasteiger partial charge < -0.3 is 0 Å². The Morgan fingerprint density at radius 1 is 0.636 bits per heavy atom. The van der Waals surface area contributed by atoms with Crippen molar-refractivity contribution in [1.29, 1.82) is 0 Å². The van der Waals surface area contributed by atoms with Crippen molar-refractivity contribution in [3.63, 3.8) is 0 Å². The molecule has 0 fully saturated rings. The van der Waals surface area contributed by atoms with Crippen molar-refractivity contribution in [2.75, 3.05) is 0 Å². The lowest BCUT2D eigenvalue weighted by Crippen LogP contribution is -1.95. The molecule has 0 aliphatic heterocycles. The van der Waals surface area contributed by atoms with Crippen LogP contribution in [0, 0.1) is 35.3 Å². The Morgan fingerprint density at radius 2 is 1.30 bits per heavy atom. The molecule has 2 heteroatoms. The molecule has 0 spiro atoms. The van der Waals surface area contributed by atoms with Crippen molar-refractivity contribution < 1.29 is 8.78 Å². The third kappa shape index (κ3) is 6.81. The normalized spacial score (nSPS) is 10.2. The van der Waals surface area contributed by atoms with Crippen LogP contribution < -0.4 is 0 Å². The smallest absolute Gasteiger partial charge is 0.142 e. The van der Waals surface area contributed by atoms with Crippen molar-refractivity contribution in [2.24, 2.45) is 0 Å². The van der Waals surface area contributed by atoms with E-state index in [-0.39, 0.29) is 5.56 Å². The van der Waals surface area contributed by atoms with Crippen molar-refractivity contribution in [3.05, 3.63) is 105 Å². The molecule has 0 unspecified atom stereocenters. The molecule has 0 nitrogen and oxygen atoms in total. The molecule has 0 aromatic heterocycles. The molecule has 0 saturated carbocycles. The summed E-state index contributed by atoms with van der Waals surface area (Å²) in [6.45, 7) is 6.24. The van der Waals surface area contributed by atoms with Gasteiger partial charge in [-0.2, -0.15) is 0 Å². The molecule has 0 N–H and O–H groups in total. The molecular formula is C31H30F2. The Bertz CT molecular complexity index is 1190. The predicted molar refractivity (Wildman–Crippen MR) is 133 cm³/mol. The predicted octanol–water partition coefficient (Wildman–Crippen LogP) is 7.62. The second kappa shape index (κ2) is 12.0. The van der Waals surface area contributed by atoms with Crippen LogP contribution in [0.15, 0.2) is 54.6 Å². The maximum atomic E-state index is 14.3. The Labute approximate surface area is 197 Å². The van der Waals surface area contributed by atoms with Gasteiger partial charge >= 0.3 is 0 Å². The lowest BCUT2D eigenvalue weighted by atomic mass is 10.0. The molecule has 3 aromatic carbocycles. The van der Waals surface area contributed by atoms with E-state index in [0.29, 0.717) is 17.5 Å². The summed E-state index contributed by atoms with van der Waals surface area (Å²) in [4.78, 5) is 0. The van der Waals surface area contributed by atoms with Gasteiger partial charge in [-0.15, -0.1) is 0 Å². The lowest BCUT2D eigenvalue weighted by Gasteiger charge is -2.04. The molecular weight excluding hydrogens is 410 g/mol. The fourth-order valence-electron chi connectivity index (χ4n) is 3.67. The third-order valence-electron chi connectivity index (χ3n) is 5.57. The molecule has 0 bridgehead atoms. The summed E-state index contributed by atoms with van der Waals surface area (Å²) in [5.41, 5.74) is 5.52. The second-order valence-electron chi connectivity index (χ2n) is 8.21. The van der Waals surface area contributed by atoms with E-state index in [1.165, 1.54) is 30.5 Å². The Balaban J connectivity index is 1.80. The second-order valence-corrected chi connectivity index (χ2v) is 8.21. The van der Waals surface area contributed by atoms with Gasteiger partial charge in [-0.3, -0.25) is 0 Å². The van der Waals surface area contributed by atoms with E-state index in [2.05, 4.69) is 61.8 Å². The maximum absolute atomic E-state index is 14.3. The van der Waals surface area contributed by atoms with E-state index in [4.69, 9.17) is 0 Å². The van der Waals surface area contributed by atoms with Gasteiger partial charge in [-0.1, -0.05) is 69.4 Å². The number of hydrogen-bond donors (Lipinski definition) is 0. The van der Waals surface area contributed by atoms with Gasteiger partial charge in [-0.25, -0.2) is 8.78 Å². The number of halogens is 2. The van der Waals surface area contributed by atoms with Gasteiger partial charge in [0.2, 0.25) is 0 Å². The summed E-state index contributed by atoms with van der Waals surface area (Å²) in [5.74, 6) is 10.9. The van der Waals surface area contributed by atoms with E-state index in [9.17, 15) is 8.78 Å². The van der Waals surface area contributed by atoms with Gasteiger partial charge in [-0.05, 0) is 84.8 Å². The van der Waals surface area contributed by atoms with E-state index in [0.717, 1.165) is 36.0 Å². The standard InChI is InChI=1S/C31H30F2/c1-4-7-9-23-10-12-24(13-11-23)14-17-28-18-15-25(20-27(28)6-3)16-19-29-30(32)21-26(8-5-2)22-31(29)33/h10-13,15,18,20-22H,4-9H2,1-3H3. The molecule has 0 aliphatic rings. The number of rotatable bonds is 6. The summed E-state index contributed by atoms with van der Waals surface area (Å²) in [7, 11) is 0. The van der Waals surface area contributed by atoms with Gasteiger partial charge in [0.05, 0.1) is 5.56 Å². The summed E-state index contributed by atoms with van der Waals surface area (Å²) < 4.78 is 28.7. The molecule has 0 aliphatic carbocycles.